The highest BCUT2D eigenvalue weighted by molar-refractivity contribution is 5.92. The third-order valence-corrected chi connectivity index (χ3v) is 3.88. The number of hydrogen-bond donors (Lipinski definition) is 2. The summed E-state index contributed by atoms with van der Waals surface area (Å²) >= 11 is 0. The lowest BCUT2D eigenvalue weighted by atomic mass is 9.84. The SMILES string of the molecule is O=C(NC1CN2CCC1CC2)c1ccc(=O)[nH]n1. The molecule has 1 aromatic rings. The van der Waals surface area contributed by atoms with E-state index in [0.29, 0.717) is 5.92 Å². The maximum Gasteiger partial charge on any atom is 0.271 e. The average Bonchev–Trinajstić information content (AvgIpc) is 2.41. The molecule has 3 fully saturated rings. The first-order valence-corrected chi connectivity index (χ1v) is 6.31. The second kappa shape index (κ2) is 4.53. The molecule has 0 spiro atoms. The van der Waals surface area contributed by atoms with Crippen molar-refractivity contribution in [1.29, 1.82) is 0 Å². The minimum Gasteiger partial charge on any atom is -0.346 e. The van der Waals surface area contributed by atoms with Crippen molar-refractivity contribution in [2.75, 3.05) is 19.6 Å². The molecular formula is C12H16N4O2. The summed E-state index contributed by atoms with van der Waals surface area (Å²) in [4.78, 5) is 25.2. The van der Waals surface area contributed by atoms with Gasteiger partial charge in [-0.2, -0.15) is 5.10 Å². The van der Waals surface area contributed by atoms with Crippen LogP contribution in [0.5, 0.6) is 0 Å². The molecule has 1 aromatic heterocycles. The van der Waals surface area contributed by atoms with Gasteiger partial charge in [-0.1, -0.05) is 0 Å². The van der Waals surface area contributed by atoms with Gasteiger partial charge in [0.05, 0.1) is 0 Å². The molecule has 0 aliphatic carbocycles. The van der Waals surface area contributed by atoms with Crippen molar-refractivity contribution in [1.82, 2.24) is 20.4 Å². The van der Waals surface area contributed by atoms with Crippen LogP contribution in [0.15, 0.2) is 16.9 Å². The quantitative estimate of drug-likeness (QED) is 0.746. The summed E-state index contributed by atoms with van der Waals surface area (Å²) < 4.78 is 0. The fraction of sp³-hybridized carbons (Fsp3) is 0.583. The predicted molar refractivity (Wildman–Crippen MR) is 65.3 cm³/mol. The molecule has 6 nitrogen and oxygen atoms in total. The van der Waals surface area contributed by atoms with Crippen molar-refractivity contribution in [2.24, 2.45) is 5.92 Å². The molecule has 2 bridgehead atoms. The zero-order valence-electron chi connectivity index (χ0n) is 10.1. The number of H-pyrrole nitrogens is 1. The zero-order chi connectivity index (χ0) is 12.5. The van der Waals surface area contributed by atoms with Gasteiger partial charge in [0.15, 0.2) is 0 Å². The third kappa shape index (κ3) is 2.15. The van der Waals surface area contributed by atoms with E-state index in [9.17, 15) is 9.59 Å². The Bertz CT molecular complexity index is 485. The minimum atomic E-state index is -0.297. The highest BCUT2D eigenvalue weighted by atomic mass is 16.2. The monoisotopic (exact) mass is 248 g/mol. The van der Waals surface area contributed by atoms with E-state index in [4.69, 9.17) is 0 Å². The summed E-state index contributed by atoms with van der Waals surface area (Å²) in [5, 5.41) is 9.04. The zero-order valence-corrected chi connectivity index (χ0v) is 10.1. The van der Waals surface area contributed by atoms with Crippen molar-refractivity contribution in [3.8, 4) is 0 Å². The van der Waals surface area contributed by atoms with Crippen LogP contribution in [0.3, 0.4) is 0 Å². The fourth-order valence-corrected chi connectivity index (χ4v) is 2.84. The predicted octanol–water partition coefficient (Wildman–Crippen LogP) is -0.406. The summed E-state index contributed by atoms with van der Waals surface area (Å²) in [7, 11) is 0. The number of carbonyl (C=O) groups is 1. The Kier molecular flexibility index (Phi) is 2.87. The molecule has 6 heteroatoms. The standard InChI is InChI=1S/C12H16N4O2/c17-11-2-1-9(14-15-11)12(18)13-10-7-16-5-3-8(10)4-6-16/h1-2,8,10H,3-7H2,(H,13,18)(H,15,17). The first kappa shape index (κ1) is 11.4. The third-order valence-electron chi connectivity index (χ3n) is 3.88. The number of hydrogen-bond acceptors (Lipinski definition) is 4. The highest BCUT2D eigenvalue weighted by Crippen LogP contribution is 2.27. The van der Waals surface area contributed by atoms with Crippen molar-refractivity contribution < 1.29 is 4.79 Å². The molecule has 0 radical (unpaired) electrons. The molecule has 0 aromatic carbocycles. The molecule has 4 rings (SSSR count). The number of amides is 1. The van der Waals surface area contributed by atoms with Gasteiger partial charge in [-0.25, -0.2) is 5.10 Å². The topological polar surface area (TPSA) is 78.1 Å². The molecule has 1 atom stereocenters. The first-order chi connectivity index (χ1) is 8.72. The van der Waals surface area contributed by atoms with Crippen molar-refractivity contribution in [3.05, 3.63) is 28.2 Å². The van der Waals surface area contributed by atoms with Crippen LogP contribution in [-0.4, -0.2) is 46.7 Å². The smallest absolute Gasteiger partial charge is 0.271 e. The van der Waals surface area contributed by atoms with Crippen LogP contribution in [-0.2, 0) is 0 Å². The van der Waals surface area contributed by atoms with Gasteiger partial charge in [-0.3, -0.25) is 9.59 Å². The van der Waals surface area contributed by atoms with E-state index < -0.39 is 0 Å². The number of aromatic amines is 1. The van der Waals surface area contributed by atoms with Gasteiger partial charge in [0, 0.05) is 18.7 Å². The van der Waals surface area contributed by atoms with E-state index in [2.05, 4.69) is 20.4 Å². The largest absolute Gasteiger partial charge is 0.346 e. The van der Waals surface area contributed by atoms with Gasteiger partial charge in [0.25, 0.3) is 11.5 Å². The molecule has 3 aliphatic rings. The molecule has 96 valence electrons. The minimum absolute atomic E-state index is 0.204. The maximum absolute atomic E-state index is 12.0. The van der Waals surface area contributed by atoms with E-state index >= 15 is 0 Å². The van der Waals surface area contributed by atoms with Gasteiger partial charge < -0.3 is 10.2 Å². The van der Waals surface area contributed by atoms with Gasteiger partial charge in [0.2, 0.25) is 0 Å². The lowest BCUT2D eigenvalue weighted by Gasteiger charge is -2.44. The lowest BCUT2D eigenvalue weighted by Crippen LogP contribution is -2.57. The van der Waals surface area contributed by atoms with E-state index in [1.807, 2.05) is 0 Å². The number of nitrogens with zero attached hydrogens (tertiary/aromatic N) is 2. The Balaban J connectivity index is 1.67. The Labute approximate surface area is 104 Å². The Morgan fingerprint density at radius 3 is 2.72 bits per heavy atom. The molecular weight excluding hydrogens is 232 g/mol. The van der Waals surface area contributed by atoms with Crippen molar-refractivity contribution in [2.45, 2.75) is 18.9 Å². The lowest BCUT2D eigenvalue weighted by molar-refractivity contribution is 0.0617. The molecule has 18 heavy (non-hydrogen) atoms. The summed E-state index contributed by atoms with van der Waals surface area (Å²) in [6.07, 6.45) is 2.31. The van der Waals surface area contributed by atoms with E-state index in [1.165, 1.54) is 12.1 Å². The van der Waals surface area contributed by atoms with E-state index in [0.717, 1.165) is 32.5 Å². The molecule has 3 aliphatic heterocycles. The summed E-state index contributed by atoms with van der Waals surface area (Å²) in [5.74, 6) is 0.381. The van der Waals surface area contributed by atoms with Gasteiger partial charge in [0.1, 0.15) is 5.69 Å². The Morgan fingerprint density at radius 1 is 1.39 bits per heavy atom. The molecule has 3 saturated heterocycles. The maximum atomic E-state index is 12.0. The van der Waals surface area contributed by atoms with Gasteiger partial charge >= 0.3 is 0 Å². The summed E-state index contributed by atoms with van der Waals surface area (Å²) in [5.41, 5.74) is -0.0274. The van der Waals surface area contributed by atoms with Crippen LogP contribution in [0, 0.1) is 5.92 Å². The van der Waals surface area contributed by atoms with Crippen LogP contribution in [0.1, 0.15) is 23.3 Å². The normalized spacial score (nSPS) is 30.1. The van der Waals surface area contributed by atoms with Crippen molar-refractivity contribution in [3.63, 3.8) is 0 Å². The Morgan fingerprint density at radius 2 is 2.17 bits per heavy atom. The number of fused-ring (bicyclic) bond motifs is 3. The average molecular weight is 248 g/mol. The van der Waals surface area contributed by atoms with Gasteiger partial charge in [-0.15, -0.1) is 0 Å². The van der Waals surface area contributed by atoms with Crippen LogP contribution in [0.25, 0.3) is 0 Å². The van der Waals surface area contributed by atoms with Crippen LogP contribution in [0.4, 0.5) is 0 Å². The second-order valence-electron chi connectivity index (χ2n) is 5.02. The molecule has 4 heterocycles. The number of aromatic nitrogens is 2. The molecule has 2 N–H and O–H groups in total. The van der Waals surface area contributed by atoms with Crippen LogP contribution < -0.4 is 10.9 Å². The summed E-state index contributed by atoms with van der Waals surface area (Å²) in [6.45, 7) is 3.22. The van der Waals surface area contributed by atoms with Crippen LogP contribution >= 0.6 is 0 Å². The van der Waals surface area contributed by atoms with E-state index in [-0.39, 0.29) is 23.2 Å². The molecule has 1 unspecified atom stereocenters. The number of carbonyl (C=O) groups excluding carboxylic acids is 1. The van der Waals surface area contributed by atoms with Crippen LogP contribution in [0.2, 0.25) is 0 Å². The van der Waals surface area contributed by atoms with Crippen molar-refractivity contribution >= 4 is 5.91 Å². The Hall–Kier alpha value is -1.69. The number of rotatable bonds is 2. The fourth-order valence-electron chi connectivity index (χ4n) is 2.84. The second-order valence-corrected chi connectivity index (χ2v) is 5.02. The molecule has 0 saturated carbocycles. The first-order valence-electron chi connectivity index (χ1n) is 6.31. The van der Waals surface area contributed by atoms with E-state index in [1.54, 1.807) is 0 Å². The number of nitrogens with one attached hydrogen (secondary N) is 2. The molecule has 1 amide bonds. The van der Waals surface area contributed by atoms with Gasteiger partial charge in [-0.05, 0) is 37.9 Å². The highest BCUT2D eigenvalue weighted by Gasteiger charge is 2.35. The summed E-state index contributed by atoms with van der Waals surface area (Å²) in [6, 6.07) is 2.99. The number of piperidine rings is 3.